The molecular weight excluding hydrogens is 120 g/mol. The van der Waals surface area contributed by atoms with Gasteiger partial charge in [-0.2, -0.15) is 0 Å². The Morgan fingerprint density at radius 2 is 2.25 bits per heavy atom. The molecule has 3 heteroatoms. The molecule has 0 amide bonds. The number of rotatable bonds is 4. The molecule has 8 heavy (non-hydrogen) atoms. The van der Waals surface area contributed by atoms with Gasteiger partial charge in [0.15, 0.2) is 9.76 Å². The minimum absolute atomic E-state index is 0.0247. The van der Waals surface area contributed by atoms with Gasteiger partial charge in [0, 0.05) is 6.61 Å². The fourth-order valence-electron chi connectivity index (χ4n) is 0.518. The summed E-state index contributed by atoms with van der Waals surface area (Å²) < 4.78 is 10.3. The van der Waals surface area contributed by atoms with Crippen LogP contribution in [-0.4, -0.2) is 22.7 Å². The Morgan fingerprint density at radius 1 is 1.62 bits per heavy atom. The number of hydrogen-bond donors (Lipinski definition) is 0. The van der Waals surface area contributed by atoms with Crippen LogP contribution in [0, 0.1) is 0 Å². The molecule has 1 atom stereocenters. The molecule has 0 bridgehead atoms. The smallest absolute Gasteiger partial charge is 0.161 e. The third-order valence-electron chi connectivity index (χ3n) is 0.803. The average Bonchev–Trinajstić information content (AvgIpc) is 1.68. The molecule has 0 aromatic carbocycles. The van der Waals surface area contributed by atoms with E-state index in [9.17, 15) is 0 Å². The van der Waals surface area contributed by atoms with Crippen LogP contribution in [0.15, 0.2) is 0 Å². The van der Waals surface area contributed by atoms with Gasteiger partial charge >= 0.3 is 0 Å². The first-order valence-electron chi connectivity index (χ1n) is 3.04. The van der Waals surface area contributed by atoms with Gasteiger partial charge < -0.3 is 9.16 Å². The summed E-state index contributed by atoms with van der Waals surface area (Å²) in [5.74, 6) is 0. The summed E-state index contributed by atoms with van der Waals surface area (Å²) in [6, 6.07) is 0. The van der Waals surface area contributed by atoms with E-state index in [0.717, 1.165) is 6.61 Å². The SMILES string of the molecule is CCOC(C)O[SiH2]C. The second kappa shape index (κ2) is 5.28. The predicted octanol–water partition coefficient (Wildman–Crippen LogP) is 0.517. The lowest BCUT2D eigenvalue weighted by Gasteiger charge is -2.10. The molecule has 0 radical (unpaired) electrons. The Hall–Kier alpha value is 0.137. The Labute approximate surface area is 53.1 Å². The molecule has 0 fully saturated rings. The van der Waals surface area contributed by atoms with Crippen LogP contribution >= 0.6 is 0 Å². The summed E-state index contributed by atoms with van der Waals surface area (Å²) in [5, 5.41) is 0. The zero-order valence-electron chi connectivity index (χ0n) is 5.81. The predicted molar refractivity (Wildman–Crippen MR) is 36.6 cm³/mol. The van der Waals surface area contributed by atoms with E-state index in [2.05, 4.69) is 6.55 Å². The Bertz CT molecular complexity index is 43.7. The second-order valence-electron chi connectivity index (χ2n) is 1.48. The highest BCUT2D eigenvalue weighted by molar-refractivity contribution is 6.24. The van der Waals surface area contributed by atoms with Crippen molar-refractivity contribution in [3.63, 3.8) is 0 Å². The average molecular weight is 134 g/mol. The summed E-state index contributed by atoms with van der Waals surface area (Å²) in [6.07, 6.45) is 0.0247. The first-order chi connectivity index (χ1) is 3.81. The molecule has 0 saturated heterocycles. The van der Waals surface area contributed by atoms with Crippen molar-refractivity contribution in [1.82, 2.24) is 0 Å². The van der Waals surface area contributed by atoms with Crippen LogP contribution in [0.4, 0.5) is 0 Å². The Morgan fingerprint density at radius 3 is 2.62 bits per heavy atom. The fraction of sp³-hybridized carbons (Fsp3) is 1.00. The Kier molecular flexibility index (Phi) is 5.37. The molecule has 0 aliphatic carbocycles. The maximum atomic E-state index is 5.20. The molecule has 0 rings (SSSR count). The standard InChI is InChI=1S/C5H14O2Si/c1-4-6-5(2)7-8-3/h5H,4,8H2,1-3H3. The van der Waals surface area contributed by atoms with E-state index in [0.29, 0.717) is 0 Å². The van der Waals surface area contributed by atoms with Gasteiger partial charge in [-0.05, 0) is 13.8 Å². The molecule has 0 heterocycles. The molecule has 0 aliphatic rings. The van der Waals surface area contributed by atoms with Crippen molar-refractivity contribution < 1.29 is 9.16 Å². The highest BCUT2D eigenvalue weighted by Gasteiger charge is 1.94. The molecule has 0 saturated carbocycles. The van der Waals surface area contributed by atoms with E-state index in [1.54, 1.807) is 0 Å². The number of ether oxygens (including phenoxy) is 1. The number of hydrogen-bond acceptors (Lipinski definition) is 2. The minimum atomic E-state index is -0.279. The summed E-state index contributed by atoms with van der Waals surface area (Å²) in [5.41, 5.74) is 0. The van der Waals surface area contributed by atoms with Gasteiger partial charge in [-0.15, -0.1) is 0 Å². The quantitative estimate of drug-likeness (QED) is 0.412. The molecule has 0 aliphatic heterocycles. The normalized spacial score (nSPS) is 15.4. The lowest BCUT2D eigenvalue weighted by molar-refractivity contribution is -0.0599. The zero-order chi connectivity index (χ0) is 6.41. The Balaban J connectivity index is 2.92. The van der Waals surface area contributed by atoms with Crippen LogP contribution in [0.25, 0.3) is 0 Å². The van der Waals surface area contributed by atoms with Crippen molar-refractivity contribution in [3.8, 4) is 0 Å². The maximum absolute atomic E-state index is 5.20. The van der Waals surface area contributed by atoms with Crippen molar-refractivity contribution >= 4 is 9.76 Å². The molecule has 1 unspecified atom stereocenters. The van der Waals surface area contributed by atoms with Crippen molar-refractivity contribution in [2.75, 3.05) is 6.61 Å². The van der Waals surface area contributed by atoms with Crippen LogP contribution in [0.3, 0.4) is 0 Å². The molecule has 0 N–H and O–H groups in total. The molecule has 0 spiro atoms. The topological polar surface area (TPSA) is 18.5 Å². The van der Waals surface area contributed by atoms with Gasteiger partial charge in [0.05, 0.1) is 0 Å². The van der Waals surface area contributed by atoms with Crippen molar-refractivity contribution in [3.05, 3.63) is 0 Å². The first-order valence-corrected chi connectivity index (χ1v) is 5.03. The van der Waals surface area contributed by atoms with Gasteiger partial charge in [-0.25, -0.2) is 0 Å². The van der Waals surface area contributed by atoms with E-state index in [1.165, 1.54) is 0 Å². The van der Waals surface area contributed by atoms with Crippen molar-refractivity contribution in [2.24, 2.45) is 0 Å². The van der Waals surface area contributed by atoms with Crippen molar-refractivity contribution in [2.45, 2.75) is 26.7 Å². The summed E-state index contributed by atoms with van der Waals surface area (Å²) in [7, 11) is -0.279. The van der Waals surface area contributed by atoms with E-state index < -0.39 is 0 Å². The summed E-state index contributed by atoms with van der Waals surface area (Å²) in [4.78, 5) is 0. The largest absolute Gasteiger partial charge is 0.400 e. The highest BCUT2D eigenvalue weighted by Crippen LogP contribution is 1.89. The fourth-order valence-corrected chi connectivity index (χ4v) is 1.08. The van der Waals surface area contributed by atoms with Gasteiger partial charge in [0.1, 0.15) is 6.29 Å². The lowest BCUT2D eigenvalue weighted by Crippen LogP contribution is -2.13. The third kappa shape index (κ3) is 4.30. The molecule has 2 nitrogen and oxygen atoms in total. The summed E-state index contributed by atoms with van der Waals surface area (Å²) in [6.45, 7) is 6.74. The molecule has 50 valence electrons. The maximum Gasteiger partial charge on any atom is 0.161 e. The van der Waals surface area contributed by atoms with E-state index in [-0.39, 0.29) is 16.1 Å². The minimum Gasteiger partial charge on any atom is -0.400 e. The van der Waals surface area contributed by atoms with Crippen LogP contribution in [0.2, 0.25) is 6.55 Å². The van der Waals surface area contributed by atoms with Crippen LogP contribution in [-0.2, 0) is 9.16 Å². The lowest BCUT2D eigenvalue weighted by atomic mass is 10.7. The van der Waals surface area contributed by atoms with Gasteiger partial charge in [-0.1, -0.05) is 6.55 Å². The summed E-state index contributed by atoms with van der Waals surface area (Å²) >= 11 is 0. The van der Waals surface area contributed by atoms with Crippen LogP contribution in [0.1, 0.15) is 13.8 Å². The molecular formula is C5H14O2Si. The highest BCUT2D eigenvalue weighted by atomic mass is 28.2. The van der Waals surface area contributed by atoms with E-state index >= 15 is 0 Å². The van der Waals surface area contributed by atoms with Crippen LogP contribution in [0.5, 0.6) is 0 Å². The van der Waals surface area contributed by atoms with Gasteiger partial charge in [-0.3, -0.25) is 0 Å². The first kappa shape index (κ1) is 8.14. The second-order valence-corrected chi connectivity index (χ2v) is 2.39. The van der Waals surface area contributed by atoms with Crippen molar-refractivity contribution in [1.29, 1.82) is 0 Å². The van der Waals surface area contributed by atoms with Gasteiger partial charge in [0.2, 0.25) is 0 Å². The van der Waals surface area contributed by atoms with Gasteiger partial charge in [0.25, 0.3) is 0 Å². The molecule has 0 aromatic rings. The third-order valence-corrected chi connectivity index (χ3v) is 1.61. The molecule has 0 aromatic heterocycles. The zero-order valence-corrected chi connectivity index (χ0v) is 7.22. The van der Waals surface area contributed by atoms with E-state index in [4.69, 9.17) is 9.16 Å². The van der Waals surface area contributed by atoms with Crippen LogP contribution < -0.4 is 0 Å². The monoisotopic (exact) mass is 134 g/mol. The van der Waals surface area contributed by atoms with E-state index in [1.807, 2.05) is 13.8 Å².